The van der Waals surface area contributed by atoms with E-state index >= 15 is 0 Å². The van der Waals surface area contributed by atoms with Crippen LogP contribution in [0.15, 0.2) is 12.2 Å². The van der Waals surface area contributed by atoms with Crippen molar-refractivity contribution >= 4 is 5.97 Å². The number of ether oxygens (including phenoxy) is 1. The smallest absolute Gasteiger partial charge is 0.302 e. The summed E-state index contributed by atoms with van der Waals surface area (Å²) in [5, 5.41) is 23.3. The molecule has 29 heavy (non-hydrogen) atoms. The number of piperidine rings is 1. The molecule has 0 aromatic carbocycles. The molecule has 0 radical (unpaired) electrons. The van der Waals surface area contributed by atoms with Gasteiger partial charge in [-0.05, 0) is 61.5 Å². The molecule has 1 heterocycles. The van der Waals surface area contributed by atoms with Crippen LogP contribution in [0.4, 0.5) is 0 Å². The maximum Gasteiger partial charge on any atom is 0.302 e. The highest BCUT2D eigenvalue weighted by Gasteiger charge is 2.86. The quantitative estimate of drug-likeness (QED) is 0.549. The Hall–Kier alpha value is -0.910. The minimum Gasteiger partial charge on any atom is -0.462 e. The molecule has 6 aliphatic carbocycles. The Morgan fingerprint density at radius 2 is 2.07 bits per heavy atom. The number of hydrogen-bond acceptors (Lipinski definition) is 5. The van der Waals surface area contributed by atoms with Crippen LogP contribution in [0.25, 0.3) is 0 Å². The molecule has 0 aromatic heterocycles. The molecule has 0 aromatic rings. The van der Waals surface area contributed by atoms with Gasteiger partial charge in [0, 0.05) is 42.2 Å². The van der Waals surface area contributed by atoms with Crippen molar-refractivity contribution in [2.24, 2.45) is 39.9 Å². The zero-order valence-corrected chi connectivity index (χ0v) is 17.9. The Bertz CT molecular complexity index is 798. The lowest BCUT2D eigenvalue weighted by Gasteiger charge is -2.69. The molecular weight excluding hydrogens is 366 g/mol. The number of carbonyl (C=O) groups excluding carboxylic acids is 1. The normalized spacial score (nSPS) is 59.7. The predicted octanol–water partition coefficient (Wildman–Crippen LogP) is 2.36. The Balaban J connectivity index is 1.61. The molecule has 2 spiro atoms. The first-order valence-electron chi connectivity index (χ1n) is 11.7. The van der Waals surface area contributed by atoms with E-state index < -0.39 is 6.10 Å². The van der Waals surface area contributed by atoms with Crippen LogP contribution >= 0.6 is 0 Å². The van der Waals surface area contributed by atoms with Crippen molar-refractivity contribution in [3.63, 3.8) is 0 Å². The topological polar surface area (TPSA) is 70.0 Å². The zero-order chi connectivity index (χ0) is 20.5. The SMILES string of the molecule is C=C1C2CCC3(C1O)C1CC4C5(C)CCC(O)C4(C1N(CC)C5)C3C2OC(C)=O. The van der Waals surface area contributed by atoms with E-state index in [0.717, 1.165) is 50.8 Å². The summed E-state index contributed by atoms with van der Waals surface area (Å²) in [6, 6.07) is 0.281. The number of hydrogen-bond donors (Lipinski definition) is 2. The number of esters is 1. The van der Waals surface area contributed by atoms with Gasteiger partial charge in [-0.2, -0.15) is 0 Å². The van der Waals surface area contributed by atoms with Gasteiger partial charge in [-0.25, -0.2) is 0 Å². The molecule has 7 rings (SSSR count). The Kier molecular flexibility index (Phi) is 3.55. The summed E-state index contributed by atoms with van der Waals surface area (Å²) in [5.74, 6) is 0.606. The summed E-state index contributed by atoms with van der Waals surface area (Å²) in [6.45, 7) is 12.5. The summed E-state index contributed by atoms with van der Waals surface area (Å²) in [5.41, 5.74) is 0.492. The van der Waals surface area contributed by atoms with Crippen LogP contribution in [0.3, 0.4) is 0 Å². The fourth-order valence-electron chi connectivity index (χ4n) is 10.3. The van der Waals surface area contributed by atoms with Gasteiger partial charge in [0.15, 0.2) is 0 Å². The van der Waals surface area contributed by atoms with Gasteiger partial charge >= 0.3 is 5.97 Å². The van der Waals surface area contributed by atoms with Crippen LogP contribution < -0.4 is 0 Å². The second-order valence-corrected chi connectivity index (χ2v) is 11.4. The molecular formula is C24H35NO4. The predicted molar refractivity (Wildman–Crippen MR) is 108 cm³/mol. The molecule has 1 aliphatic heterocycles. The highest BCUT2D eigenvalue weighted by molar-refractivity contribution is 5.66. The summed E-state index contributed by atoms with van der Waals surface area (Å²) >= 11 is 0. The van der Waals surface area contributed by atoms with E-state index in [0.29, 0.717) is 11.8 Å². The molecule has 7 bridgehead atoms. The molecule has 160 valence electrons. The molecule has 11 unspecified atom stereocenters. The number of rotatable bonds is 2. The van der Waals surface area contributed by atoms with E-state index in [1.165, 1.54) is 6.92 Å². The number of likely N-dealkylation sites (tertiary alicyclic amines) is 1. The second kappa shape index (κ2) is 5.46. The van der Waals surface area contributed by atoms with Crippen LogP contribution in [0.2, 0.25) is 0 Å². The molecule has 0 amide bonds. The number of carbonyl (C=O) groups is 1. The lowest BCUT2D eigenvalue weighted by Crippen LogP contribution is -2.72. The second-order valence-electron chi connectivity index (χ2n) is 11.4. The monoisotopic (exact) mass is 401 g/mol. The Labute approximate surface area is 173 Å². The van der Waals surface area contributed by atoms with Gasteiger partial charge in [0.1, 0.15) is 6.10 Å². The minimum atomic E-state index is -0.539. The number of nitrogens with zero attached hydrogens (tertiary/aromatic N) is 1. The molecule has 6 saturated carbocycles. The van der Waals surface area contributed by atoms with Crippen LogP contribution in [0.5, 0.6) is 0 Å². The van der Waals surface area contributed by atoms with Crippen molar-refractivity contribution in [2.75, 3.05) is 13.1 Å². The molecule has 1 saturated heterocycles. The first-order chi connectivity index (χ1) is 13.7. The van der Waals surface area contributed by atoms with Gasteiger partial charge in [-0.3, -0.25) is 9.69 Å². The van der Waals surface area contributed by atoms with Crippen molar-refractivity contribution in [3.05, 3.63) is 12.2 Å². The van der Waals surface area contributed by atoms with Crippen molar-refractivity contribution < 1.29 is 19.7 Å². The molecule has 7 aliphatic rings. The molecule has 2 N–H and O–H groups in total. The summed E-state index contributed by atoms with van der Waals surface area (Å²) in [4.78, 5) is 14.8. The van der Waals surface area contributed by atoms with Crippen molar-refractivity contribution in [3.8, 4) is 0 Å². The average molecular weight is 402 g/mol. The fraction of sp³-hybridized carbons (Fsp3) is 0.875. The van der Waals surface area contributed by atoms with Gasteiger partial charge in [0.05, 0.1) is 12.2 Å². The van der Waals surface area contributed by atoms with Crippen LogP contribution in [0.1, 0.15) is 52.9 Å². The number of aliphatic hydroxyl groups excluding tert-OH is 2. The van der Waals surface area contributed by atoms with Crippen LogP contribution in [-0.2, 0) is 9.53 Å². The van der Waals surface area contributed by atoms with Gasteiger partial charge in [-0.15, -0.1) is 0 Å². The first-order valence-corrected chi connectivity index (χ1v) is 11.7. The van der Waals surface area contributed by atoms with E-state index in [9.17, 15) is 15.0 Å². The lowest BCUT2D eigenvalue weighted by molar-refractivity contribution is -0.261. The van der Waals surface area contributed by atoms with E-state index in [2.05, 4.69) is 25.3 Å². The third-order valence-corrected chi connectivity index (χ3v) is 10.8. The maximum atomic E-state index is 12.2. The zero-order valence-electron chi connectivity index (χ0n) is 17.9. The largest absolute Gasteiger partial charge is 0.462 e. The van der Waals surface area contributed by atoms with Crippen molar-refractivity contribution in [1.82, 2.24) is 4.90 Å². The van der Waals surface area contributed by atoms with Gasteiger partial charge in [0.2, 0.25) is 0 Å². The standard InChI is InChI=1S/C24H35NO4/c1-5-25-11-22(4)8-7-17(27)24-16(22)10-15(20(24)25)23-9-6-14(12(2)21(23)28)18(19(23)24)29-13(3)26/h14-21,27-28H,2,5-11H2,1,3-4H3. The van der Waals surface area contributed by atoms with Crippen molar-refractivity contribution in [1.29, 1.82) is 0 Å². The third kappa shape index (κ3) is 1.77. The molecule has 11 atom stereocenters. The molecule has 7 fully saturated rings. The number of aliphatic hydroxyl groups is 2. The van der Waals surface area contributed by atoms with E-state index in [-0.39, 0.29) is 52.3 Å². The fourth-order valence-corrected chi connectivity index (χ4v) is 10.3. The highest BCUT2D eigenvalue weighted by Crippen LogP contribution is 2.83. The van der Waals surface area contributed by atoms with Crippen LogP contribution in [0, 0.1) is 39.9 Å². The summed E-state index contributed by atoms with van der Waals surface area (Å²) in [6.07, 6.45) is 3.72. The molecule has 5 nitrogen and oxygen atoms in total. The van der Waals surface area contributed by atoms with E-state index in [1.54, 1.807) is 0 Å². The van der Waals surface area contributed by atoms with Crippen molar-refractivity contribution in [2.45, 2.75) is 77.2 Å². The average Bonchev–Trinajstić information content (AvgIpc) is 3.12. The van der Waals surface area contributed by atoms with Gasteiger partial charge in [-0.1, -0.05) is 20.4 Å². The third-order valence-electron chi connectivity index (χ3n) is 10.8. The van der Waals surface area contributed by atoms with Gasteiger partial charge in [0.25, 0.3) is 0 Å². The lowest BCUT2D eigenvalue weighted by atomic mass is 9.38. The van der Waals surface area contributed by atoms with E-state index in [1.807, 2.05) is 0 Å². The van der Waals surface area contributed by atoms with E-state index in [4.69, 9.17) is 4.74 Å². The summed E-state index contributed by atoms with van der Waals surface area (Å²) < 4.78 is 6.07. The van der Waals surface area contributed by atoms with Crippen LogP contribution in [-0.4, -0.2) is 58.5 Å². The van der Waals surface area contributed by atoms with Gasteiger partial charge < -0.3 is 14.9 Å². The Morgan fingerprint density at radius 3 is 2.76 bits per heavy atom. The Morgan fingerprint density at radius 1 is 1.31 bits per heavy atom. The summed E-state index contributed by atoms with van der Waals surface area (Å²) in [7, 11) is 0. The minimum absolute atomic E-state index is 0.0192. The first kappa shape index (κ1) is 18.8. The maximum absolute atomic E-state index is 12.2. The highest BCUT2D eigenvalue weighted by atomic mass is 16.5. The molecule has 5 heteroatoms. The number of fused-ring (bicyclic) bond motifs is 2.